The van der Waals surface area contributed by atoms with Gasteiger partial charge in [-0.3, -0.25) is 0 Å². The second-order valence-electron chi connectivity index (χ2n) is 5.24. The van der Waals surface area contributed by atoms with Gasteiger partial charge in [0.15, 0.2) is 0 Å². The molecule has 2 aromatic carbocycles. The predicted molar refractivity (Wildman–Crippen MR) is 90.3 cm³/mol. The topological polar surface area (TPSA) is 21.3 Å². The van der Waals surface area contributed by atoms with Gasteiger partial charge in [-0.1, -0.05) is 30.7 Å². The van der Waals surface area contributed by atoms with E-state index in [1.807, 2.05) is 12.1 Å². The van der Waals surface area contributed by atoms with Crippen LogP contribution in [0.3, 0.4) is 0 Å². The number of nitrogens with one attached hydrogen (secondary N) is 1. The highest BCUT2D eigenvalue weighted by Crippen LogP contribution is 2.37. The van der Waals surface area contributed by atoms with Gasteiger partial charge < -0.3 is 10.1 Å². The highest BCUT2D eigenvalue weighted by molar-refractivity contribution is 6.30. The Morgan fingerprint density at radius 3 is 2.57 bits per heavy atom. The molecule has 21 heavy (non-hydrogen) atoms. The van der Waals surface area contributed by atoms with Gasteiger partial charge in [-0.05, 0) is 60.8 Å². The molecule has 112 valence electrons. The number of aryl methyl sites for hydroxylation is 2. The lowest BCUT2D eigenvalue weighted by atomic mass is 9.93. The Bertz CT molecular complexity index is 637. The number of ether oxygens (including phenoxy) is 1. The monoisotopic (exact) mass is 303 g/mol. The van der Waals surface area contributed by atoms with E-state index >= 15 is 0 Å². The molecule has 0 aliphatic carbocycles. The fraction of sp³-hybridized carbons (Fsp3) is 0.333. The van der Waals surface area contributed by atoms with Gasteiger partial charge in [-0.25, -0.2) is 0 Å². The molecule has 0 unspecified atom stereocenters. The highest BCUT2D eigenvalue weighted by atomic mass is 35.5. The molecule has 3 heteroatoms. The lowest BCUT2D eigenvalue weighted by Gasteiger charge is -2.17. The van der Waals surface area contributed by atoms with Crippen LogP contribution in [0.5, 0.6) is 5.75 Å². The van der Waals surface area contributed by atoms with Crippen LogP contribution in [0.25, 0.3) is 11.1 Å². The highest BCUT2D eigenvalue weighted by Gasteiger charge is 2.14. The normalized spacial score (nSPS) is 10.7. The summed E-state index contributed by atoms with van der Waals surface area (Å²) in [5, 5.41) is 4.12. The Balaban J connectivity index is 2.62. The van der Waals surface area contributed by atoms with Crippen LogP contribution in [0.15, 0.2) is 30.3 Å². The molecule has 2 rings (SSSR count). The molecule has 0 atom stereocenters. The van der Waals surface area contributed by atoms with Crippen molar-refractivity contribution in [2.24, 2.45) is 0 Å². The molecule has 0 spiro atoms. The molecule has 0 fully saturated rings. The van der Waals surface area contributed by atoms with E-state index < -0.39 is 0 Å². The van der Waals surface area contributed by atoms with Gasteiger partial charge >= 0.3 is 0 Å². The quantitative estimate of drug-likeness (QED) is 0.861. The van der Waals surface area contributed by atoms with E-state index in [0.717, 1.165) is 35.0 Å². The van der Waals surface area contributed by atoms with Crippen molar-refractivity contribution in [2.45, 2.75) is 27.3 Å². The number of methoxy groups -OCH3 is 1. The summed E-state index contributed by atoms with van der Waals surface area (Å²) in [6.07, 6.45) is 0. The van der Waals surface area contributed by atoms with Gasteiger partial charge in [-0.2, -0.15) is 0 Å². The van der Waals surface area contributed by atoms with Crippen molar-refractivity contribution in [3.05, 3.63) is 52.0 Å². The van der Waals surface area contributed by atoms with Gasteiger partial charge in [0.1, 0.15) is 5.75 Å². The molecule has 0 aliphatic rings. The zero-order valence-corrected chi connectivity index (χ0v) is 13.8. The van der Waals surface area contributed by atoms with E-state index in [4.69, 9.17) is 16.3 Å². The second kappa shape index (κ2) is 6.97. The first-order valence-corrected chi connectivity index (χ1v) is 7.59. The van der Waals surface area contributed by atoms with Gasteiger partial charge in [0.2, 0.25) is 0 Å². The fourth-order valence-electron chi connectivity index (χ4n) is 2.63. The lowest BCUT2D eigenvalue weighted by molar-refractivity contribution is 0.416. The SMILES string of the molecule is CCNCc1ccc(Cl)cc1-c1c(C)cc(C)cc1OC. The average molecular weight is 304 g/mol. The van der Waals surface area contributed by atoms with Crippen LogP contribution in [0.1, 0.15) is 23.6 Å². The van der Waals surface area contributed by atoms with Crippen LogP contribution in [0.2, 0.25) is 5.02 Å². The van der Waals surface area contributed by atoms with E-state index in [0.29, 0.717) is 0 Å². The Morgan fingerprint density at radius 1 is 1.14 bits per heavy atom. The third kappa shape index (κ3) is 3.58. The molecule has 2 nitrogen and oxygen atoms in total. The standard InChI is InChI=1S/C18H22ClNO/c1-5-20-11-14-6-7-15(19)10-16(14)18-13(3)8-12(2)9-17(18)21-4/h6-10,20H,5,11H2,1-4H3. The van der Waals surface area contributed by atoms with Gasteiger partial charge in [0.25, 0.3) is 0 Å². The van der Waals surface area contributed by atoms with Gasteiger partial charge in [0.05, 0.1) is 7.11 Å². The summed E-state index contributed by atoms with van der Waals surface area (Å²) in [5.41, 5.74) is 5.89. The van der Waals surface area contributed by atoms with Crippen molar-refractivity contribution in [1.29, 1.82) is 0 Å². The van der Waals surface area contributed by atoms with Crippen molar-refractivity contribution in [1.82, 2.24) is 5.32 Å². The number of rotatable bonds is 5. The van der Waals surface area contributed by atoms with Crippen LogP contribution in [-0.4, -0.2) is 13.7 Å². The summed E-state index contributed by atoms with van der Waals surface area (Å²) in [6, 6.07) is 10.3. The third-order valence-electron chi connectivity index (χ3n) is 3.57. The zero-order chi connectivity index (χ0) is 15.4. The smallest absolute Gasteiger partial charge is 0.127 e. The van der Waals surface area contributed by atoms with Crippen molar-refractivity contribution in [3.8, 4) is 16.9 Å². The van der Waals surface area contributed by atoms with E-state index in [1.165, 1.54) is 16.7 Å². The molecule has 0 amide bonds. The average Bonchev–Trinajstić information content (AvgIpc) is 2.45. The summed E-state index contributed by atoms with van der Waals surface area (Å²) < 4.78 is 5.60. The third-order valence-corrected chi connectivity index (χ3v) is 3.81. The summed E-state index contributed by atoms with van der Waals surface area (Å²) in [6.45, 7) is 8.05. The van der Waals surface area contributed by atoms with E-state index in [2.05, 4.69) is 44.3 Å². The largest absolute Gasteiger partial charge is 0.496 e. The minimum absolute atomic E-state index is 0.743. The number of hydrogen-bond donors (Lipinski definition) is 1. The Kier molecular flexibility index (Phi) is 5.27. The molecular weight excluding hydrogens is 282 g/mol. The van der Waals surface area contributed by atoms with Crippen molar-refractivity contribution >= 4 is 11.6 Å². The summed E-state index contributed by atoms with van der Waals surface area (Å²) in [5.74, 6) is 0.896. The minimum Gasteiger partial charge on any atom is -0.496 e. The van der Waals surface area contributed by atoms with Crippen LogP contribution in [-0.2, 0) is 6.54 Å². The summed E-state index contributed by atoms with van der Waals surface area (Å²) in [7, 11) is 1.71. The minimum atomic E-state index is 0.743. The molecular formula is C18H22ClNO. The van der Waals surface area contributed by atoms with Crippen LogP contribution in [0.4, 0.5) is 0 Å². The molecule has 1 N–H and O–H groups in total. The molecule has 0 radical (unpaired) electrons. The first-order chi connectivity index (χ1) is 10.1. The maximum absolute atomic E-state index is 6.22. The maximum Gasteiger partial charge on any atom is 0.127 e. The first-order valence-electron chi connectivity index (χ1n) is 7.21. The van der Waals surface area contributed by atoms with Gasteiger partial charge in [0, 0.05) is 17.1 Å². The van der Waals surface area contributed by atoms with Crippen LogP contribution in [0, 0.1) is 13.8 Å². The van der Waals surface area contributed by atoms with E-state index in [1.54, 1.807) is 7.11 Å². The van der Waals surface area contributed by atoms with Crippen LogP contribution < -0.4 is 10.1 Å². The van der Waals surface area contributed by atoms with E-state index in [-0.39, 0.29) is 0 Å². The Morgan fingerprint density at radius 2 is 1.90 bits per heavy atom. The second-order valence-corrected chi connectivity index (χ2v) is 5.68. The fourth-order valence-corrected chi connectivity index (χ4v) is 2.80. The number of benzene rings is 2. The predicted octanol–water partition coefficient (Wildman–Crippen LogP) is 4.74. The molecule has 2 aromatic rings. The van der Waals surface area contributed by atoms with Crippen LogP contribution >= 0.6 is 11.6 Å². The molecule has 0 saturated carbocycles. The molecule has 0 aromatic heterocycles. The summed E-state index contributed by atoms with van der Waals surface area (Å²) >= 11 is 6.22. The van der Waals surface area contributed by atoms with E-state index in [9.17, 15) is 0 Å². The van der Waals surface area contributed by atoms with Crippen molar-refractivity contribution in [3.63, 3.8) is 0 Å². The van der Waals surface area contributed by atoms with Crippen molar-refractivity contribution < 1.29 is 4.74 Å². The molecule has 0 saturated heterocycles. The Hall–Kier alpha value is -1.51. The maximum atomic E-state index is 6.22. The molecule has 0 heterocycles. The Labute approximate surface area is 132 Å². The van der Waals surface area contributed by atoms with Gasteiger partial charge in [-0.15, -0.1) is 0 Å². The summed E-state index contributed by atoms with van der Waals surface area (Å²) in [4.78, 5) is 0. The molecule has 0 aliphatic heterocycles. The first kappa shape index (κ1) is 15.9. The number of hydrogen-bond acceptors (Lipinski definition) is 2. The lowest BCUT2D eigenvalue weighted by Crippen LogP contribution is -2.12. The zero-order valence-electron chi connectivity index (χ0n) is 13.1. The molecule has 0 bridgehead atoms. The van der Waals surface area contributed by atoms with Crippen molar-refractivity contribution in [2.75, 3.05) is 13.7 Å². The number of halogens is 1.